The van der Waals surface area contributed by atoms with Gasteiger partial charge in [-0.2, -0.15) is 0 Å². The van der Waals surface area contributed by atoms with E-state index in [9.17, 15) is 14.7 Å². The number of furan rings is 1. The number of carboxylic acid groups (broad SMARTS) is 1. The maximum Gasteiger partial charge on any atom is 0.338 e. The van der Waals surface area contributed by atoms with Crippen molar-refractivity contribution in [2.75, 3.05) is 7.11 Å². The quantitative estimate of drug-likeness (QED) is 0.684. The molecule has 0 radical (unpaired) electrons. The second-order valence-electron chi connectivity index (χ2n) is 3.92. The standard InChI is InChI=1S/C15H12O5/c1-19-15(18)13(9-10-5-4-8-20-10)11-6-2-3-7-12(11)14(16)17/h2-9H,1H3,(H,16,17)/b13-9+. The van der Waals surface area contributed by atoms with Gasteiger partial charge in [0.05, 0.1) is 24.5 Å². The van der Waals surface area contributed by atoms with Crippen LogP contribution >= 0.6 is 0 Å². The van der Waals surface area contributed by atoms with Crippen LogP contribution in [-0.4, -0.2) is 24.2 Å². The fourth-order valence-corrected chi connectivity index (χ4v) is 1.78. The predicted molar refractivity (Wildman–Crippen MR) is 72.0 cm³/mol. The van der Waals surface area contributed by atoms with Crippen molar-refractivity contribution >= 4 is 23.6 Å². The molecule has 0 atom stereocenters. The number of rotatable bonds is 4. The summed E-state index contributed by atoms with van der Waals surface area (Å²) in [5.41, 5.74) is 0.430. The summed E-state index contributed by atoms with van der Waals surface area (Å²) < 4.78 is 9.86. The molecule has 1 aromatic heterocycles. The Labute approximate surface area is 115 Å². The highest BCUT2D eigenvalue weighted by Crippen LogP contribution is 2.23. The third kappa shape index (κ3) is 2.77. The first-order valence-corrected chi connectivity index (χ1v) is 5.79. The number of benzene rings is 1. The summed E-state index contributed by atoms with van der Waals surface area (Å²) in [7, 11) is 1.24. The molecule has 0 fully saturated rings. The highest BCUT2D eigenvalue weighted by atomic mass is 16.5. The molecule has 1 heterocycles. The van der Waals surface area contributed by atoms with Gasteiger partial charge in [0.2, 0.25) is 0 Å². The molecule has 0 aliphatic carbocycles. The van der Waals surface area contributed by atoms with Gasteiger partial charge in [-0.1, -0.05) is 18.2 Å². The van der Waals surface area contributed by atoms with Gasteiger partial charge in [0, 0.05) is 5.56 Å². The van der Waals surface area contributed by atoms with Crippen LogP contribution in [0.1, 0.15) is 21.7 Å². The molecule has 5 nitrogen and oxygen atoms in total. The number of esters is 1. The zero-order valence-corrected chi connectivity index (χ0v) is 10.7. The van der Waals surface area contributed by atoms with Crippen LogP contribution in [0.4, 0.5) is 0 Å². The zero-order chi connectivity index (χ0) is 14.5. The highest BCUT2D eigenvalue weighted by Gasteiger charge is 2.19. The first kappa shape index (κ1) is 13.6. The molecule has 20 heavy (non-hydrogen) atoms. The summed E-state index contributed by atoms with van der Waals surface area (Å²) in [4.78, 5) is 23.1. The van der Waals surface area contributed by atoms with Crippen LogP contribution in [0, 0.1) is 0 Å². The Morgan fingerprint density at radius 1 is 1.15 bits per heavy atom. The average molecular weight is 272 g/mol. The van der Waals surface area contributed by atoms with Gasteiger partial charge in [-0.25, -0.2) is 9.59 Å². The van der Waals surface area contributed by atoms with Gasteiger partial charge in [0.1, 0.15) is 5.76 Å². The van der Waals surface area contributed by atoms with Gasteiger partial charge >= 0.3 is 11.9 Å². The Kier molecular flexibility index (Phi) is 4.00. The van der Waals surface area contributed by atoms with Crippen molar-refractivity contribution in [1.82, 2.24) is 0 Å². The average Bonchev–Trinajstić information content (AvgIpc) is 2.97. The molecule has 0 unspecified atom stereocenters. The van der Waals surface area contributed by atoms with Gasteiger partial charge in [-0.15, -0.1) is 0 Å². The Hall–Kier alpha value is -2.82. The smallest absolute Gasteiger partial charge is 0.338 e. The van der Waals surface area contributed by atoms with Crippen LogP contribution in [0.2, 0.25) is 0 Å². The minimum Gasteiger partial charge on any atom is -0.478 e. The molecule has 2 aromatic rings. The summed E-state index contributed by atoms with van der Waals surface area (Å²) in [6.45, 7) is 0. The van der Waals surface area contributed by atoms with Crippen LogP contribution < -0.4 is 0 Å². The molecule has 0 spiro atoms. The Morgan fingerprint density at radius 2 is 1.85 bits per heavy atom. The van der Waals surface area contributed by atoms with E-state index < -0.39 is 11.9 Å². The van der Waals surface area contributed by atoms with E-state index >= 15 is 0 Å². The van der Waals surface area contributed by atoms with E-state index in [0.29, 0.717) is 5.76 Å². The summed E-state index contributed by atoms with van der Waals surface area (Å²) in [5, 5.41) is 9.19. The molecule has 0 amide bonds. The van der Waals surface area contributed by atoms with Gasteiger partial charge in [0.25, 0.3) is 0 Å². The van der Waals surface area contributed by atoms with Crippen molar-refractivity contribution in [3.8, 4) is 0 Å². The fourth-order valence-electron chi connectivity index (χ4n) is 1.78. The lowest BCUT2D eigenvalue weighted by Gasteiger charge is -2.08. The van der Waals surface area contributed by atoms with Crippen LogP contribution in [0.25, 0.3) is 11.6 Å². The van der Waals surface area contributed by atoms with E-state index in [1.807, 2.05) is 0 Å². The number of carbonyl (C=O) groups excluding carboxylic acids is 1. The number of carboxylic acids is 1. The number of carbonyl (C=O) groups is 2. The summed E-state index contributed by atoms with van der Waals surface area (Å²) in [5.74, 6) is -1.31. The Balaban J connectivity index is 2.59. The number of hydrogen-bond donors (Lipinski definition) is 1. The lowest BCUT2D eigenvalue weighted by atomic mass is 9.99. The number of ether oxygens (including phenoxy) is 1. The minimum absolute atomic E-state index is 0.0238. The molecule has 0 saturated carbocycles. The minimum atomic E-state index is -1.12. The second kappa shape index (κ2) is 5.88. The van der Waals surface area contributed by atoms with Gasteiger partial charge < -0.3 is 14.3 Å². The van der Waals surface area contributed by atoms with Gasteiger partial charge in [0.15, 0.2) is 0 Å². The highest BCUT2D eigenvalue weighted by molar-refractivity contribution is 6.23. The molecule has 0 bridgehead atoms. The number of hydrogen-bond acceptors (Lipinski definition) is 4. The van der Waals surface area contributed by atoms with Crippen molar-refractivity contribution in [2.45, 2.75) is 0 Å². The van der Waals surface area contributed by atoms with Gasteiger partial charge in [-0.05, 0) is 24.3 Å². The normalized spacial score (nSPS) is 11.2. The lowest BCUT2D eigenvalue weighted by molar-refractivity contribution is -0.133. The van der Waals surface area contributed by atoms with Crippen molar-refractivity contribution in [2.24, 2.45) is 0 Å². The Morgan fingerprint density at radius 3 is 2.40 bits per heavy atom. The fraction of sp³-hybridized carbons (Fsp3) is 0.0667. The molecule has 1 aromatic carbocycles. The first-order chi connectivity index (χ1) is 9.63. The number of methoxy groups -OCH3 is 1. The van der Waals surface area contributed by atoms with E-state index in [1.54, 1.807) is 30.3 Å². The molecular weight excluding hydrogens is 260 g/mol. The maximum absolute atomic E-state index is 11.9. The molecule has 1 N–H and O–H groups in total. The van der Waals surface area contributed by atoms with E-state index in [-0.39, 0.29) is 16.7 Å². The first-order valence-electron chi connectivity index (χ1n) is 5.79. The van der Waals surface area contributed by atoms with E-state index in [2.05, 4.69) is 0 Å². The van der Waals surface area contributed by atoms with Crippen LogP contribution in [0.15, 0.2) is 47.1 Å². The summed E-state index contributed by atoms with van der Waals surface area (Å²) >= 11 is 0. The third-order valence-corrected chi connectivity index (χ3v) is 2.68. The topological polar surface area (TPSA) is 76.7 Å². The summed E-state index contributed by atoms with van der Waals surface area (Å²) in [6.07, 6.45) is 2.91. The van der Waals surface area contributed by atoms with Crippen LogP contribution in [-0.2, 0) is 9.53 Å². The van der Waals surface area contributed by atoms with E-state index in [0.717, 1.165) is 0 Å². The zero-order valence-electron chi connectivity index (χ0n) is 10.7. The van der Waals surface area contributed by atoms with Crippen LogP contribution in [0.5, 0.6) is 0 Å². The summed E-state index contributed by atoms with van der Waals surface area (Å²) in [6, 6.07) is 9.55. The van der Waals surface area contributed by atoms with Gasteiger partial charge in [-0.3, -0.25) is 0 Å². The molecule has 0 aliphatic heterocycles. The van der Waals surface area contributed by atoms with Crippen molar-refractivity contribution < 1.29 is 23.8 Å². The monoisotopic (exact) mass is 272 g/mol. The van der Waals surface area contributed by atoms with Crippen LogP contribution in [0.3, 0.4) is 0 Å². The molecule has 0 aliphatic rings. The molecule has 5 heteroatoms. The van der Waals surface area contributed by atoms with E-state index in [4.69, 9.17) is 9.15 Å². The largest absolute Gasteiger partial charge is 0.478 e. The third-order valence-electron chi connectivity index (χ3n) is 2.68. The molecule has 102 valence electrons. The Bertz CT molecular complexity index is 653. The second-order valence-corrected chi connectivity index (χ2v) is 3.92. The SMILES string of the molecule is COC(=O)/C(=C/c1ccco1)c1ccccc1C(=O)O. The molecule has 0 saturated heterocycles. The van der Waals surface area contributed by atoms with Crippen molar-refractivity contribution in [3.63, 3.8) is 0 Å². The van der Waals surface area contributed by atoms with Crippen molar-refractivity contribution in [3.05, 3.63) is 59.5 Å². The maximum atomic E-state index is 11.9. The number of aromatic carboxylic acids is 1. The lowest BCUT2D eigenvalue weighted by Crippen LogP contribution is -2.09. The predicted octanol–water partition coefficient (Wildman–Crippen LogP) is 2.69. The molecule has 2 rings (SSSR count). The molecular formula is C15H12O5. The van der Waals surface area contributed by atoms with Crippen molar-refractivity contribution in [1.29, 1.82) is 0 Å². The van der Waals surface area contributed by atoms with E-state index in [1.165, 1.54) is 25.5 Å².